The minimum Gasteiger partial charge on any atom is -0.481 e. The maximum atomic E-state index is 12.2. The molecule has 2 N–H and O–H groups in total. The summed E-state index contributed by atoms with van der Waals surface area (Å²) in [5.74, 6) is -0.777. The summed E-state index contributed by atoms with van der Waals surface area (Å²) in [6.45, 7) is 4.22. The van der Waals surface area contributed by atoms with E-state index >= 15 is 0 Å². The van der Waals surface area contributed by atoms with Crippen molar-refractivity contribution < 1.29 is 19.4 Å². The largest absolute Gasteiger partial charge is 0.481 e. The van der Waals surface area contributed by atoms with Crippen LogP contribution in [-0.2, 0) is 9.53 Å². The lowest BCUT2D eigenvalue weighted by Crippen LogP contribution is -2.53. The zero-order chi connectivity index (χ0) is 15.3. The number of aliphatic carboxylic acids is 1. The standard InChI is InChI=1S/C15H26N2O4/c1-2-6-15(13(18)19)7-4-8-17(11-15)14(20)16-10-12-5-3-9-21-12/h12H,2-11H2,1H3,(H,16,20)(H,18,19). The number of nitrogens with one attached hydrogen (secondary N) is 1. The first-order chi connectivity index (χ1) is 10.1. The topological polar surface area (TPSA) is 78.9 Å². The van der Waals surface area contributed by atoms with Crippen molar-refractivity contribution in [2.24, 2.45) is 5.41 Å². The molecule has 120 valence electrons. The van der Waals surface area contributed by atoms with Gasteiger partial charge in [0.25, 0.3) is 0 Å². The molecule has 6 nitrogen and oxygen atoms in total. The highest BCUT2D eigenvalue weighted by Crippen LogP contribution is 2.35. The number of carboxylic acid groups (broad SMARTS) is 1. The van der Waals surface area contributed by atoms with E-state index in [0.29, 0.717) is 32.5 Å². The van der Waals surface area contributed by atoms with E-state index in [9.17, 15) is 14.7 Å². The van der Waals surface area contributed by atoms with Crippen LogP contribution in [0, 0.1) is 5.41 Å². The maximum Gasteiger partial charge on any atom is 0.317 e. The minimum atomic E-state index is -0.777. The Kier molecular flexibility index (Phi) is 5.45. The molecule has 0 radical (unpaired) electrons. The fourth-order valence-electron chi connectivity index (χ4n) is 3.39. The number of hydrogen-bond acceptors (Lipinski definition) is 3. The van der Waals surface area contributed by atoms with Gasteiger partial charge < -0.3 is 20.1 Å². The Hall–Kier alpha value is -1.30. The van der Waals surface area contributed by atoms with Gasteiger partial charge in [0.05, 0.1) is 11.5 Å². The minimum absolute atomic E-state index is 0.110. The molecular weight excluding hydrogens is 272 g/mol. The summed E-state index contributed by atoms with van der Waals surface area (Å²) in [5.41, 5.74) is -0.770. The second kappa shape index (κ2) is 7.11. The Balaban J connectivity index is 1.89. The molecular formula is C15H26N2O4. The number of carbonyl (C=O) groups excluding carboxylic acids is 1. The van der Waals surface area contributed by atoms with Crippen molar-refractivity contribution in [2.45, 2.75) is 51.6 Å². The molecule has 2 atom stereocenters. The van der Waals surface area contributed by atoms with E-state index in [1.165, 1.54) is 0 Å². The van der Waals surface area contributed by atoms with Crippen molar-refractivity contribution in [1.29, 1.82) is 0 Å². The third kappa shape index (κ3) is 3.87. The van der Waals surface area contributed by atoms with E-state index in [1.54, 1.807) is 4.90 Å². The van der Waals surface area contributed by atoms with E-state index in [1.807, 2.05) is 6.92 Å². The first kappa shape index (κ1) is 16.1. The second-order valence-corrected chi connectivity index (χ2v) is 6.18. The third-order valence-corrected chi connectivity index (χ3v) is 4.55. The molecule has 0 aromatic heterocycles. The fraction of sp³-hybridized carbons (Fsp3) is 0.867. The van der Waals surface area contributed by atoms with Gasteiger partial charge in [0.15, 0.2) is 0 Å². The van der Waals surface area contributed by atoms with Crippen LogP contribution in [0.25, 0.3) is 0 Å². The Morgan fingerprint density at radius 1 is 1.43 bits per heavy atom. The molecule has 21 heavy (non-hydrogen) atoms. The summed E-state index contributed by atoms with van der Waals surface area (Å²) in [6, 6.07) is -0.160. The SMILES string of the molecule is CCCC1(C(=O)O)CCCN(C(=O)NCC2CCCO2)C1. The van der Waals surface area contributed by atoms with Crippen molar-refractivity contribution in [3.8, 4) is 0 Å². The number of nitrogens with zero attached hydrogens (tertiary/aromatic N) is 1. The summed E-state index contributed by atoms with van der Waals surface area (Å²) in [7, 11) is 0. The lowest BCUT2D eigenvalue weighted by molar-refractivity contribution is -0.152. The van der Waals surface area contributed by atoms with E-state index in [4.69, 9.17) is 4.74 Å². The van der Waals surface area contributed by atoms with Gasteiger partial charge in [-0.2, -0.15) is 0 Å². The number of piperidine rings is 1. The normalized spacial score (nSPS) is 29.4. The number of amides is 2. The van der Waals surface area contributed by atoms with Gasteiger partial charge in [-0.15, -0.1) is 0 Å². The van der Waals surface area contributed by atoms with Gasteiger partial charge in [-0.05, 0) is 32.1 Å². The van der Waals surface area contributed by atoms with Crippen LogP contribution in [0.3, 0.4) is 0 Å². The van der Waals surface area contributed by atoms with Crippen LogP contribution in [0.4, 0.5) is 4.79 Å². The van der Waals surface area contributed by atoms with Gasteiger partial charge >= 0.3 is 12.0 Å². The van der Waals surface area contributed by atoms with Gasteiger partial charge in [-0.1, -0.05) is 13.3 Å². The van der Waals surface area contributed by atoms with E-state index in [-0.39, 0.29) is 12.1 Å². The molecule has 2 fully saturated rings. The van der Waals surface area contributed by atoms with Crippen LogP contribution in [0.1, 0.15) is 45.4 Å². The average molecular weight is 298 g/mol. The number of ether oxygens (including phenoxy) is 1. The summed E-state index contributed by atoms with van der Waals surface area (Å²) < 4.78 is 5.48. The number of rotatable bonds is 5. The highest BCUT2D eigenvalue weighted by Gasteiger charge is 2.42. The molecule has 0 spiro atoms. The lowest BCUT2D eigenvalue weighted by atomic mass is 9.76. The van der Waals surface area contributed by atoms with Crippen molar-refractivity contribution in [2.75, 3.05) is 26.2 Å². The quantitative estimate of drug-likeness (QED) is 0.812. The van der Waals surface area contributed by atoms with Gasteiger partial charge in [0.2, 0.25) is 0 Å². The fourth-order valence-corrected chi connectivity index (χ4v) is 3.39. The molecule has 2 unspecified atom stereocenters. The molecule has 2 aliphatic rings. The number of carbonyl (C=O) groups is 2. The molecule has 0 aliphatic carbocycles. The molecule has 2 aliphatic heterocycles. The van der Waals surface area contributed by atoms with Crippen molar-refractivity contribution in [1.82, 2.24) is 10.2 Å². The van der Waals surface area contributed by atoms with Crippen LogP contribution in [-0.4, -0.2) is 54.4 Å². The van der Waals surface area contributed by atoms with E-state index in [2.05, 4.69) is 5.32 Å². The number of carboxylic acids is 1. The predicted octanol–water partition coefficient (Wildman–Crippen LogP) is 1.84. The summed E-state index contributed by atoms with van der Waals surface area (Å²) in [5, 5.41) is 12.4. The monoisotopic (exact) mass is 298 g/mol. The van der Waals surface area contributed by atoms with Gasteiger partial charge in [-0.25, -0.2) is 4.79 Å². The smallest absolute Gasteiger partial charge is 0.317 e. The summed E-state index contributed by atoms with van der Waals surface area (Å²) >= 11 is 0. The first-order valence-corrected chi connectivity index (χ1v) is 7.95. The van der Waals surface area contributed by atoms with Crippen molar-refractivity contribution in [3.05, 3.63) is 0 Å². The Morgan fingerprint density at radius 2 is 2.24 bits per heavy atom. The summed E-state index contributed by atoms with van der Waals surface area (Å²) in [6.07, 6.45) is 4.98. The highest BCUT2D eigenvalue weighted by atomic mass is 16.5. The van der Waals surface area contributed by atoms with Crippen LogP contribution in [0.2, 0.25) is 0 Å². The Labute approximate surface area is 125 Å². The number of urea groups is 1. The zero-order valence-electron chi connectivity index (χ0n) is 12.8. The van der Waals surface area contributed by atoms with Gasteiger partial charge in [0.1, 0.15) is 0 Å². The van der Waals surface area contributed by atoms with Crippen LogP contribution in [0.15, 0.2) is 0 Å². The second-order valence-electron chi connectivity index (χ2n) is 6.18. The van der Waals surface area contributed by atoms with E-state index in [0.717, 1.165) is 32.3 Å². The molecule has 2 saturated heterocycles. The van der Waals surface area contributed by atoms with Gasteiger partial charge in [-0.3, -0.25) is 4.79 Å². The lowest BCUT2D eigenvalue weighted by Gasteiger charge is -2.39. The van der Waals surface area contributed by atoms with Gasteiger partial charge in [0, 0.05) is 26.2 Å². The summed E-state index contributed by atoms with van der Waals surface area (Å²) in [4.78, 5) is 25.5. The number of hydrogen-bond donors (Lipinski definition) is 2. The Morgan fingerprint density at radius 3 is 2.86 bits per heavy atom. The molecule has 2 rings (SSSR count). The Bertz CT molecular complexity index is 378. The maximum absolute atomic E-state index is 12.2. The molecule has 0 aromatic rings. The molecule has 6 heteroatoms. The van der Waals surface area contributed by atoms with Crippen LogP contribution < -0.4 is 5.32 Å². The molecule has 0 aromatic carbocycles. The van der Waals surface area contributed by atoms with Crippen LogP contribution in [0.5, 0.6) is 0 Å². The molecule has 2 amide bonds. The molecule has 0 bridgehead atoms. The zero-order valence-corrected chi connectivity index (χ0v) is 12.8. The van der Waals surface area contributed by atoms with Crippen LogP contribution >= 0.6 is 0 Å². The third-order valence-electron chi connectivity index (χ3n) is 4.55. The molecule has 0 saturated carbocycles. The van der Waals surface area contributed by atoms with Crippen molar-refractivity contribution >= 4 is 12.0 Å². The van der Waals surface area contributed by atoms with Crippen molar-refractivity contribution in [3.63, 3.8) is 0 Å². The number of likely N-dealkylation sites (tertiary alicyclic amines) is 1. The predicted molar refractivity (Wildman–Crippen MR) is 78.2 cm³/mol. The van der Waals surface area contributed by atoms with E-state index < -0.39 is 11.4 Å². The highest BCUT2D eigenvalue weighted by molar-refractivity contribution is 5.78. The molecule has 2 heterocycles. The average Bonchev–Trinajstić information content (AvgIpc) is 2.98. The first-order valence-electron chi connectivity index (χ1n) is 7.95.